The third-order valence-corrected chi connectivity index (χ3v) is 3.68. The lowest BCUT2D eigenvalue weighted by Crippen LogP contribution is -2.35. The van der Waals surface area contributed by atoms with Gasteiger partial charge in [0.15, 0.2) is 0 Å². The van der Waals surface area contributed by atoms with Gasteiger partial charge in [0.25, 0.3) is 0 Å². The molecule has 17 heavy (non-hydrogen) atoms. The van der Waals surface area contributed by atoms with Crippen LogP contribution in [0.5, 0.6) is 0 Å². The summed E-state index contributed by atoms with van der Waals surface area (Å²) in [7, 11) is 0. The molecule has 1 aromatic carbocycles. The van der Waals surface area contributed by atoms with Crippen molar-refractivity contribution in [2.75, 3.05) is 6.54 Å². The molecule has 1 aromatic rings. The van der Waals surface area contributed by atoms with Crippen LogP contribution in [0.25, 0.3) is 0 Å². The molecule has 2 nitrogen and oxygen atoms in total. The molecule has 90 valence electrons. The summed E-state index contributed by atoms with van der Waals surface area (Å²) in [5, 5.41) is 3.26. The van der Waals surface area contributed by atoms with Crippen molar-refractivity contribution in [2.24, 2.45) is 0 Å². The van der Waals surface area contributed by atoms with Gasteiger partial charge in [-0.05, 0) is 30.5 Å². The Morgan fingerprint density at radius 2 is 2.00 bits per heavy atom. The molecule has 0 bridgehead atoms. The van der Waals surface area contributed by atoms with Crippen LogP contribution in [0.1, 0.15) is 18.4 Å². The maximum absolute atomic E-state index is 12.1. The van der Waals surface area contributed by atoms with Crippen molar-refractivity contribution in [3.63, 3.8) is 0 Å². The number of rotatable bonds is 4. The van der Waals surface area contributed by atoms with E-state index in [-0.39, 0.29) is 11.3 Å². The smallest absolute Gasteiger partial charge is 0.230 e. The van der Waals surface area contributed by atoms with Crippen LogP contribution in [0.2, 0.25) is 0 Å². The molecule has 0 heterocycles. The number of halogens is 2. The number of carbonyl (C=O) groups excluding carboxylic acids is 1. The summed E-state index contributed by atoms with van der Waals surface area (Å²) >= 11 is 9.03. The van der Waals surface area contributed by atoms with Gasteiger partial charge in [-0.3, -0.25) is 4.79 Å². The van der Waals surface area contributed by atoms with Gasteiger partial charge >= 0.3 is 0 Å². The lowest BCUT2D eigenvalue weighted by atomic mass is 9.95. The Morgan fingerprint density at radius 3 is 2.47 bits per heavy atom. The van der Waals surface area contributed by atoms with E-state index in [9.17, 15) is 4.79 Å². The van der Waals surface area contributed by atoms with Crippen molar-refractivity contribution >= 4 is 33.4 Å². The summed E-state index contributed by atoms with van der Waals surface area (Å²) in [5.41, 5.74) is 0.728. The third-order valence-electron chi connectivity index (χ3n) is 3.02. The minimum Gasteiger partial charge on any atom is -0.350 e. The van der Waals surface area contributed by atoms with Crippen LogP contribution >= 0.6 is 27.5 Å². The fourth-order valence-electron chi connectivity index (χ4n) is 1.89. The van der Waals surface area contributed by atoms with Crippen LogP contribution in [0, 0.1) is 0 Å². The molecule has 0 aromatic heterocycles. The summed E-state index contributed by atoms with van der Waals surface area (Å²) in [5.74, 6) is 0.0432. The minimum absolute atomic E-state index is 0.0432. The summed E-state index contributed by atoms with van der Waals surface area (Å²) in [6, 6.07) is 7.91. The summed E-state index contributed by atoms with van der Waals surface area (Å²) in [6.45, 7) is 3.89. The van der Waals surface area contributed by atoms with Gasteiger partial charge in [0.1, 0.15) is 0 Å². The van der Waals surface area contributed by atoms with E-state index in [1.807, 2.05) is 24.3 Å². The Morgan fingerprint density at radius 1 is 1.41 bits per heavy atom. The molecule has 1 fully saturated rings. The highest BCUT2D eigenvalue weighted by molar-refractivity contribution is 9.10. The van der Waals surface area contributed by atoms with E-state index < -0.39 is 0 Å². The Kier molecular flexibility index (Phi) is 3.59. The zero-order valence-electron chi connectivity index (χ0n) is 9.30. The number of hydrogen-bond acceptors (Lipinski definition) is 1. The van der Waals surface area contributed by atoms with Crippen LogP contribution in [0.15, 0.2) is 40.3 Å². The Balaban J connectivity index is 2.11. The van der Waals surface area contributed by atoms with E-state index in [0.29, 0.717) is 11.6 Å². The fraction of sp³-hybridized carbons (Fsp3) is 0.308. The van der Waals surface area contributed by atoms with Gasteiger partial charge in [0.2, 0.25) is 5.91 Å². The van der Waals surface area contributed by atoms with Crippen LogP contribution < -0.4 is 5.32 Å². The van der Waals surface area contributed by atoms with Crippen molar-refractivity contribution in [1.29, 1.82) is 0 Å². The van der Waals surface area contributed by atoms with E-state index in [2.05, 4.69) is 27.8 Å². The van der Waals surface area contributed by atoms with Crippen LogP contribution in [-0.4, -0.2) is 12.5 Å². The normalized spacial score (nSPS) is 16.4. The van der Waals surface area contributed by atoms with Crippen molar-refractivity contribution < 1.29 is 4.79 Å². The Labute approximate surface area is 114 Å². The second-order valence-corrected chi connectivity index (χ2v) is 5.74. The lowest BCUT2D eigenvalue weighted by Gasteiger charge is -2.15. The highest BCUT2D eigenvalue weighted by atomic mass is 79.9. The van der Waals surface area contributed by atoms with Crippen molar-refractivity contribution in [2.45, 2.75) is 18.3 Å². The van der Waals surface area contributed by atoms with Gasteiger partial charge < -0.3 is 5.32 Å². The molecule has 1 amide bonds. The largest absolute Gasteiger partial charge is 0.350 e. The van der Waals surface area contributed by atoms with E-state index in [1.54, 1.807) is 0 Å². The summed E-state index contributed by atoms with van der Waals surface area (Å²) in [4.78, 5) is 12.1. The van der Waals surface area contributed by atoms with Crippen molar-refractivity contribution in [1.82, 2.24) is 5.32 Å². The van der Waals surface area contributed by atoms with Gasteiger partial charge in [0.05, 0.1) is 12.0 Å². The zero-order chi connectivity index (χ0) is 12.5. The van der Waals surface area contributed by atoms with Crippen LogP contribution in [0.4, 0.5) is 0 Å². The quantitative estimate of drug-likeness (QED) is 0.907. The van der Waals surface area contributed by atoms with E-state index in [0.717, 1.165) is 22.9 Å². The molecule has 0 saturated heterocycles. The predicted molar refractivity (Wildman–Crippen MR) is 73.1 cm³/mol. The molecule has 0 unspecified atom stereocenters. The standard InChI is InChI=1S/C13H13BrClNO/c1-9(15)8-16-12(17)13(6-7-13)10-2-4-11(14)5-3-10/h2-5H,1,6-8H2,(H,16,17). The van der Waals surface area contributed by atoms with Crippen molar-refractivity contribution in [3.8, 4) is 0 Å². The molecular weight excluding hydrogens is 302 g/mol. The molecule has 0 atom stereocenters. The first-order chi connectivity index (χ1) is 8.04. The van der Waals surface area contributed by atoms with Gasteiger partial charge in [-0.15, -0.1) is 0 Å². The maximum atomic E-state index is 12.1. The Bertz CT molecular complexity index is 451. The average molecular weight is 315 g/mol. The maximum Gasteiger partial charge on any atom is 0.230 e. The molecule has 0 spiro atoms. The molecule has 1 N–H and O–H groups in total. The number of benzene rings is 1. The molecule has 1 aliphatic rings. The molecule has 4 heteroatoms. The first-order valence-corrected chi connectivity index (χ1v) is 6.59. The van der Waals surface area contributed by atoms with E-state index >= 15 is 0 Å². The fourth-order valence-corrected chi connectivity index (χ4v) is 2.22. The molecule has 1 saturated carbocycles. The second kappa shape index (κ2) is 4.83. The highest BCUT2D eigenvalue weighted by Crippen LogP contribution is 2.48. The van der Waals surface area contributed by atoms with Gasteiger partial charge in [-0.1, -0.05) is 46.2 Å². The van der Waals surface area contributed by atoms with Crippen LogP contribution in [0.3, 0.4) is 0 Å². The number of hydrogen-bond donors (Lipinski definition) is 1. The van der Waals surface area contributed by atoms with E-state index in [4.69, 9.17) is 11.6 Å². The number of nitrogens with one attached hydrogen (secondary N) is 1. The average Bonchev–Trinajstić information content (AvgIpc) is 3.08. The van der Waals surface area contributed by atoms with Gasteiger partial charge in [-0.2, -0.15) is 0 Å². The second-order valence-electron chi connectivity index (χ2n) is 4.29. The molecule has 1 aliphatic carbocycles. The van der Waals surface area contributed by atoms with Crippen LogP contribution in [-0.2, 0) is 10.2 Å². The van der Waals surface area contributed by atoms with Crippen molar-refractivity contribution in [3.05, 3.63) is 45.9 Å². The van der Waals surface area contributed by atoms with Gasteiger partial charge in [-0.25, -0.2) is 0 Å². The number of amides is 1. The molecule has 0 radical (unpaired) electrons. The van der Waals surface area contributed by atoms with Gasteiger partial charge in [0, 0.05) is 9.51 Å². The monoisotopic (exact) mass is 313 g/mol. The minimum atomic E-state index is -0.340. The Hall–Kier alpha value is -0.800. The predicted octanol–water partition coefficient (Wildman–Crippen LogP) is 3.35. The molecule has 2 rings (SSSR count). The first kappa shape index (κ1) is 12.7. The SMILES string of the molecule is C=C(Cl)CNC(=O)C1(c2ccc(Br)cc2)CC1. The van der Waals surface area contributed by atoms with E-state index in [1.165, 1.54) is 0 Å². The highest BCUT2D eigenvalue weighted by Gasteiger charge is 2.50. The topological polar surface area (TPSA) is 29.1 Å². The number of carbonyl (C=O) groups is 1. The third kappa shape index (κ3) is 2.72. The molecule has 0 aliphatic heterocycles. The molecular formula is C13H13BrClNO. The lowest BCUT2D eigenvalue weighted by molar-refractivity contribution is -0.123. The summed E-state index contributed by atoms with van der Waals surface area (Å²) < 4.78 is 1.02. The summed E-state index contributed by atoms with van der Waals surface area (Å²) in [6.07, 6.45) is 1.80. The zero-order valence-corrected chi connectivity index (χ0v) is 11.6. The first-order valence-electron chi connectivity index (χ1n) is 5.42.